The van der Waals surface area contributed by atoms with Crippen molar-refractivity contribution in [3.05, 3.63) is 0 Å². The van der Waals surface area contributed by atoms with Crippen molar-refractivity contribution in [1.29, 1.82) is 0 Å². The van der Waals surface area contributed by atoms with Crippen molar-refractivity contribution < 1.29 is 14.6 Å². The minimum absolute atomic E-state index is 0.422. The molecular formula is C9H18N2O3. The highest BCUT2D eigenvalue weighted by Gasteiger charge is 2.38. The lowest BCUT2D eigenvalue weighted by Crippen LogP contribution is -2.59. The molecule has 0 spiro atoms. The first kappa shape index (κ1) is 11.4. The minimum atomic E-state index is -1.06. The molecule has 1 aliphatic rings. The van der Waals surface area contributed by atoms with Gasteiger partial charge in [0.15, 0.2) is 0 Å². The standard InChI is InChI=1S/C9H18N2O3/c1-14-6-5-11-4-2-3-9(10,7-11)8(12)13/h2-7,10H2,1H3,(H,12,13). The summed E-state index contributed by atoms with van der Waals surface area (Å²) in [5, 5.41) is 8.96. The number of nitrogens with zero attached hydrogens (tertiary/aromatic N) is 1. The van der Waals surface area contributed by atoms with E-state index in [1.807, 2.05) is 4.90 Å². The second-order valence-electron chi connectivity index (χ2n) is 3.83. The molecule has 0 bridgehead atoms. The van der Waals surface area contributed by atoms with Crippen LogP contribution in [0.4, 0.5) is 0 Å². The minimum Gasteiger partial charge on any atom is -0.480 e. The van der Waals surface area contributed by atoms with Crippen molar-refractivity contribution in [2.75, 3.05) is 33.4 Å². The zero-order valence-corrected chi connectivity index (χ0v) is 8.53. The molecule has 1 rings (SSSR count). The largest absolute Gasteiger partial charge is 0.480 e. The number of carbonyl (C=O) groups is 1. The number of carboxylic acids is 1. The Hall–Kier alpha value is -0.650. The van der Waals surface area contributed by atoms with Gasteiger partial charge in [0.1, 0.15) is 5.54 Å². The van der Waals surface area contributed by atoms with Gasteiger partial charge in [0.05, 0.1) is 6.61 Å². The van der Waals surface area contributed by atoms with Gasteiger partial charge in [-0.1, -0.05) is 0 Å². The first-order chi connectivity index (χ1) is 6.58. The number of piperidine rings is 1. The Bertz CT molecular complexity index is 210. The molecule has 14 heavy (non-hydrogen) atoms. The topological polar surface area (TPSA) is 75.8 Å². The molecule has 0 aliphatic carbocycles. The van der Waals surface area contributed by atoms with Crippen LogP contribution >= 0.6 is 0 Å². The number of methoxy groups -OCH3 is 1. The summed E-state index contributed by atoms with van der Waals surface area (Å²) >= 11 is 0. The van der Waals surface area contributed by atoms with E-state index >= 15 is 0 Å². The molecule has 0 aromatic rings. The average molecular weight is 202 g/mol. The maximum Gasteiger partial charge on any atom is 0.325 e. The van der Waals surface area contributed by atoms with Crippen LogP contribution in [0.25, 0.3) is 0 Å². The normalized spacial score (nSPS) is 29.0. The van der Waals surface area contributed by atoms with E-state index in [0.29, 0.717) is 19.6 Å². The lowest BCUT2D eigenvalue weighted by Gasteiger charge is -2.37. The Kier molecular flexibility index (Phi) is 3.86. The van der Waals surface area contributed by atoms with Gasteiger partial charge in [0.2, 0.25) is 0 Å². The van der Waals surface area contributed by atoms with Gasteiger partial charge in [0.25, 0.3) is 0 Å². The number of carboxylic acid groups (broad SMARTS) is 1. The summed E-state index contributed by atoms with van der Waals surface area (Å²) in [7, 11) is 1.64. The van der Waals surface area contributed by atoms with Gasteiger partial charge in [-0.05, 0) is 19.4 Å². The van der Waals surface area contributed by atoms with Crippen LogP contribution in [0.2, 0.25) is 0 Å². The van der Waals surface area contributed by atoms with Crippen LogP contribution in [0, 0.1) is 0 Å². The van der Waals surface area contributed by atoms with Crippen molar-refractivity contribution >= 4 is 5.97 Å². The molecule has 0 radical (unpaired) electrons. The Morgan fingerprint density at radius 1 is 1.71 bits per heavy atom. The molecule has 1 unspecified atom stereocenters. The highest BCUT2D eigenvalue weighted by molar-refractivity contribution is 5.78. The van der Waals surface area contributed by atoms with Crippen LogP contribution in [0.15, 0.2) is 0 Å². The van der Waals surface area contributed by atoms with E-state index in [1.165, 1.54) is 0 Å². The van der Waals surface area contributed by atoms with Crippen molar-refractivity contribution in [1.82, 2.24) is 4.90 Å². The molecule has 3 N–H and O–H groups in total. The molecule has 1 heterocycles. The van der Waals surface area contributed by atoms with E-state index in [2.05, 4.69) is 0 Å². The number of rotatable bonds is 4. The molecular weight excluding hydrogens is 184 g/mol. The van der Waals surface area contributed by atoms with Gasteiger partial charge >= 0.3 is 5.97 Å². The Morgan fingerprint density at radius 3 is 3.00 bits per heavy atom. The molecule has 5 heteroatoms. The molecule has 0 saturated carbocycles. The lowest BCUT2D eigenvalue weighted by molar-refractivity contribution is -0.145. The Labute approximate surface area is 83.8 Å². The number of hydrogen-bond donors (Lipinski definition) is 2. The maximum absolute atomic E-state index is 10.9. The predicted octanol–water partition coefficient (Wildman–Crippen LogP) is -0.489. The molecule has 1 atom stereocenters. The van der Waals surface area contributed by atoms with Crippen LogP contribution in [-0.4, -0.2) is 54.9 Å². The third-order valence-electron chi connectivity index (χ3n) is 2.64. The third kappa shape index (κ3) is 2.67. The fraction of sp³-hybridized carbons (Fsp3) is 0.889. The van der Waals surface area contributed by atoms with Gasteiger partial charge in [-0.2, -0.15) is 0 Å². The van der Waals surface area contributed by atoms with Crippen LogP contribution in [0.5, 0.6) is 0 Å². The van der Waals surface area contributed by atoms with Gasteiger partial charge in [-0.25, -0.2) is 0 Å². The predicted molar refractivity (Wildman–Crippen MR) is 52.1 cm³/mol. The van der Waals surface area contributed by atoms with Gasteiger partial charge in [-0.15, -0.1) is 0 Å². The molecule has 1 aliphatic heterocycles. The zero-order chi connectivity index (χ0) is 10.6. The molecule has 5 nitrogen and oxygen atoms in total. The number of likely N-dealkylation sites (tertiary alicyclic amines) is 1. The van der Waals surface area contributed by atoms with E-state index in [0.717, 1.165) is 19.5 Å². The third-order valence-corrected chi connectivity index (χ3v) is 2.64. The molecule has 1 saturated heterocycles. The highest BCUT2D eigenvalue weighted by atomic mass is 16.5. The first-order valence-electron chi connectivity index (χ1n) is 4.82. The fourth-order valence-corrected chi connectivity index (χ4v) is 1.76. The SMILES string of the molecule is COCCN1CCCC(N)(C(=O)O)C1. The summed E-state index contributed by atoms with van der Waals surface area (Å²) in [4.78, 5) is 13.0. The number of hydrogen-bond acceptors (Lipinski definition) is 4. The van der Waals surface area contributed by atoms with Crippen LogP contribution in [0.3, 0.4) is 0 Å². The Morgan fingerprint density at radius 2 is 2.43 bits per heavy atom. The number of ether oxygens (including phenoxy) is 1. The molecule has 82 valence electrons. The molecule has 1 fully saturated rings. The summed E-state index contributed by atoms with van der Waals surface area (Å²) in [5.41, 5.74) is 4.72. The number of nitrogens with two attached hydrogens (primary N) is 1. The van der Waals surface area contributed by atoms with Crippen molar-refractivity contribution in [3.8, 4) is 0 Å². The second kappa shape index (κ2) is 4.72. The molecule has 0 amide bonds. The highest BCUT2D eigenvalue weighted by Crippen LogP contribution is 2.18. The van der Waals surface area contributed by atoms with E-state index in [9.17, 15) is 4.79 Å². The van der Waals surface area contributed by atoms with Crippen LogP contribution < -0.4 is 5.73 Å². The van der Waals surface area contributed by atoms with Crippen molar-refractivity contribution in [2.24, 2.45) is 5.73 Å². The monoisotopic (exact) mass is 202 g/mol. The van der Waals surface area contributed by atoms with E-state index < -0.39 is 11.5 Å². The van der Waals surface area contributed by atoms with Crippen molar-refractivity contribution in [2.45, 2.75) is 18.4 Å². The quantitative estimate of drug-likeness (QED) is 0.643. The van der Waals surface area contributed by atoms with E-state index in [4.69, 9.17) is 15.6 Å². The van der Waals surface area contributed by atoms with Crippen molar-refractivity contribution in [3.63, 3.8) is 0 Å². The number of aliphatic carboxylic acids is 1. The maximum atomic E-state index is 10.9. The van der Waals surface area contributed by atoms with E-state index in [1.54, 1.807) is 7.11 Å². The summed E-state index contributed by atoms with van der Waals surface area (Å²) in [6.45, 7) is 2.71. The Balaban J connectivity index is 2.46. The average Bonchev–Trinajstić information content (AvgIpc) is 2.15. The molecule has 0 aromatic carbocycles. The van der Waals surface area contributed by atoms with Gasteiger partial charge < -0.3 is 15.6 Å². The van der Waals surface area contributed by atoms with Gasteiger partial charge in [-0.3, -0.25) is 9.69 Å². The zero-order valence-electron chi connectivity index (χ0n) is 8.53. The van der Waals surface area contributed by atoms with E-state index in [-0.39, 0.29) is 0 Å². The van der Waals surface area contributed by atoms with Gasteiger partial charge in [0, 0.05) is 20.2 Å². The smallest absolute Gasteiger partial charge is 0.325 e. The first-order valence-corrected chi connectivity index (χ1v) is 4.82. The fourth-order valence-electron chi connectivity index (χ4n) is 1.76. The lowest BCUT2D eigenvalue weighted by atomic mass is 9.90. The molecule has 0 aromatic heterocycles. The second-order valence-corrected chi connectivity index (χ2v) is 3.83. The summed E-state index contributed by atoms with van der Waals surface area (Å²) in [6.07, 6.45) is 1.40. The summed E-state index contributed by atoms with van der Waals surface area (Å²) < 4.78 is 4.94. The summed E-state index contributed by atoms with van der Waals surface area (Å²) in [5.74, 6) is -0.903. The summed E-state index contributed by atoms with van der Waals surface area (Å²) in [6, 6.07) is 0. The van der Waals surface area contributed by atoms with Crippen LogP contribution in [-0.2, 0) is 9.53 Å². The van der Waals surface area contributed by atoms with Crippen LogP contribution in [0.1, 0.15) is 12.8 Å².